The first-order valence-electron chi connectivity index (χ1n) is 10.6. The van der Waals surface area contributed by atoms with E-state index in [1.165, 1.54) is 11.8 Å². The number of ether oxygens (including phenoxy) is 2. The minimum atomic E-state index is -0.397. The van der Waals surface area contributed by atoms with Gasteiger partial charge in [0.1, 0.15) is 5.75 Å². The molecular weight excluding hydrogens is 520 g/mol. The third-order valence-electron chi connectivity index (χ3n) is 4.56. The van der Waals surface area contributed by atoms with Gasteiger partial charge in [-0.25, -0.2) is 4.79 Å². The van der Waals surface area contributed by atoms with E-state index in [4.69, 9.17) is 9.47 Å². The van der Waals surface area contributed by atoms with Crippen molar-refractivity contribution in [3.63, 3.8) is 0 Å². The second kappa shape index (κ2) is 12.4. The molecule has 0 saturated heterocycles. The highest BCUT2D eigenvalue weighted by atomic mass is 79.9. The van der Waals surface area contributed by atoms with Crippen LogP contribution >= 0.6 is 27.7 Å². The van der Waals surface area contributed by atoms with Crippen LogP contribution in [0.5, 0.6) is 5.75 Å². The zero-order chi connectivity index (χ0) is 24.5. The minimum Gasteiger partial charge on any atom is -0.483 e. The lowest BCUT2D eigenvalue weighted by molar-refractivity contribution is -0.113. The molecule has 0 aliphatic rings. The van der Waals surface area contributed by atoms with Crippen LogP contribution < -0.4 is 10.1 Å². The van der Waals surface area contributed by atoms with Crippen LogP contribution in [0.2, 0.25) is 0 Å². The topological polar surface area (TPSA) is 95.3 Å². The fourth-order valence-electron chi connectivity index (χ4n) is 3.01. The number of nitrogens with one attached hydrogen (secondary N) is 1. The summed E-state index contributed by atoms with van der Waals surface area (Å²) >= 11 is 4.68. The van der Waals surface area contributed by atoms with Crippen molar-refractivity contribution in [1.82, 2.24) is 14.8 Å². The largest absolute Gasteiger partial charge is 0.483 e. The van der Waals surface area contributed by atoms with E-state index in [1.54, 1.807) is 37.3 Å². The summed E-state index contributed by atoms with van der Waals surface area (Å²) in [6.45, 7) is 8.24. The van der Waals surface area contributed by atoms with Crippen molar-refractivity contribution in [2.24, 2.45) is 0 Å². The van der Waals surface area contributed by atoms with Gasteiger partial charge in [0, 0.05) is 16.7 Å². The van der Waals surface area contributed by atoms with Crippen LogP contribution in [0.25, 0.3) is 0 Å². The number of anilines is 1. The number of rotatable bonds is 11. The summed E-state index contributed by atoms with van der Waals surface area (Å²) < 4.78 is 13.8. The Hall–Kier alpha value is -3.11. The first-order chi connectivity index (χ1) is 16.4. The number of thioether (sulfide) groups is 1. The monoisotopic (exact) mass is 544 g/mol. The SMILES string of the molecule is C=CCn1c(SCC(=O)Nc2ccc(C(=O)OCC)cc2)nnc1C(C)Oc1ccc(Br)cc1. The highest BCUT2D eigenvalue weighted by Gasteiger charge is 2.20. The van der Waals surface area contributed by atoms with Crippen LogP contribution in [0.3, 0.4) is 0 Å². The van der Waals surface area contributed by atoms with Crippen LogP contribution in [0.1, 0.15) is 36.1 Å². The zero-order valence-corrected chi connectivity index (χ0v) is 21.3. The Balaban J connectivity index is 1.61. The Kier molecular flexibility index (Phi) is 9.29. The molecule has 1 atom stereocenters. The molecule has 1 heterocycles. The number of nitrogens with zero attached hydrogens (tertiary/aromatic N) is 3. The van der Waals surface area contributed by atoms with Crippen LogP contribution in [0.4, 0.5) is 5.69 Å². The lowest BCUT2D eigenvalue weighted by Crippen LogP contribution is -2.15. The fourth-order valence-corrected chi connectivity index (χ4v) is 4.03. The predicted octanol–water partition coefficient (Wildman–Crippen LogP) is 5.27. The van der Waals surface area contributed by atoms with E-state index in [0.717, 1.165) is 4.47 Å². The molecule has 1 amide bonds. The predicted molar refractivity (Wildman–Crippen MR) is 135 cm³/mol. The van der Waals surface area contributed by atoms with Crippen molar-refractivity contribution < 1.29 is 19.1 Å². The minimum absolute atomic E-state index is 0.136. The van der Waals surface area contributed by atoms with Gasteiger partial charge in [-0.05, 0) is 62.4 Å². The first kappa shape index (κ1) is 25.5. The summed E-state index contributed by atoms with van der Waals surface area (Å²) in [5.41, 5.74) is 1.02. The summed E-state index contributed by atoms with van der Waals surface area (Å²) in [7, 11) is 0. The molecule has 10 heteroatoms. The number of benzene rings is 2. The Morgan fingerprint density at radius 2 is 1.88 bits per heavy atom. The quantitative estimate of drug-likeness (QED) is 0.199. The average Bonchev–Trinajstić information content (AvgIpc) is 3.23. The van der Waals surface area contributed by atoms with Gasteiger partial charge in [0.05, 0.1) is 17.9 Å². The van der Waals surface area contributed by atoms with Gasteiger partial charge < -0.3 is 14.8 Å². The number of carbonyl (C=O) groups excluding carboxylic acids is 2. The maximum atomic E-state index is 12.5. The van der Waals surface area contributed by atoms with Gasteiger partial charge in [0.25, 0.3) is 0 Å². The molecule has 3 aromatic rings. The zero-order valence-electron chi connectivity index (χ0n) is 18.9. The molecule has 0 spiro atoms. The molecule has 3 rings (SSSR count). The molecule has 34 heavy (non-hydrogen) atoms. The normalized spacial score (nSPS) is 11.5. The molecule has 0 bridgehead atoms. The summed E-state index contributed by atoms with van der Waals surface area (Å²) in [4.78, 5) is 24.2. The van der Waals surface area contributed by atoms with Crippen molar-refractivity contribution in [2.45, 2.75) is 31.7 Å². The summed E-state index contributed by atoms with van der Waals surface area (Å²) in [6, 6.07) is 14.1. The molecule has 0 aliphatic carbocycles. The van der Waals surface area contributed by atoms with Crippen LogP contribution in [-0.4, -0.2) is 39.0 Å². The van der Waals surface area contributed by atoms with E-state index in [1.807, 2.05) is 35.8 Å². The molecule has 0 radical (unpaired) electrons. The van der Waals surface area contributed by atoms with E-state index in [-0.39, 0.29) is 17.8 Å². The summed E-state index contributed by atoms with van der Waals surface area (Å²) in [5, 5.41) is 11.9. The van der Waals surface area contributed by atoms with Gasteiger partial charge in [-0.2, -0.15) is 0 Å². The standard InChI is InChI=1S/C24H25BrN4O4S/c1-4-14-29-22(16(3)33-20-12-8-18(25)9-13-20)27-28-24(29)34-15-21(30)26-19-10-6-17(7-11-19)23(31)32-5-2/h4,6-13,16H,1,5,14-15H2,2-3H3,(H,26,30). The molecule has 1 unspecified atom stereocenters. The number of hydrogen-bond donors (Lipinski definition) is 1. The van der Waals surface area contributed by atoms with Crippen molar-refractivity contribution in [3.05, 3.63) is 77.0 Å². The van der Waals surface area contributed by atoms with Crippen molar-refractivity contribution in [2.75, 3.05) is 17.7 Å². The Morgan fingerprint density at radius 3 is 2.53 bits per heavy atom. The molecular formula is C24H25BrN4O4S. The molecule has 1 N–H and O–H groups in total. The average molecular weight is 545 g/mol. The van der Waals surface area contributed by atoms with E-state index in [9.17, 15) is 9.59 Å². The molecule has 0 fully saturated rings. The Morgan fingerprint density at radius 1 is 1.18 bits per heavy atom. The van der Waals surface area contributed by atoms with Gasteiger partial charge in [0.2, 0.25) is 5.91 Å². The highest BCUT2D eigenvalue weighted by molar-refractivity contribution is 9.10. The van der Waals surface area contributed by atoms with Gasteiger partial charge in [0.15, 0.2) is 17.1 Å². The van der Waals surface area contributed by atoms with E-state index in [2.05, 4.69) is 38.0 Å². The van der Waals surface area contributed by atoms with Gasteiger partial charge in [-0.15, -0.1) is 16.8 Å². The number of allylic oxidation sites excluding steroid dienone is 1. The fraction of sp³-hybridized carbons (Fsp3) is 0.250. The molecule has 2 aromatic carbocycles. The molecule has 1 aromatic heterocycles. The third-order valence-corrected chi connectivity index (χ3v) is 6.05. The van der Waals surface area contributed by atoms with Crippen molar-refractivity contribution >= 4 is 45.3 Å². The van der Waals surface area contributed by atoms with Gasteiger partial charge in [-0.1, -0.05) is 33.8 Å². The third kappa shape index (κ3) is 6.94. The molecule has 0 saturated carbocycles. The number of halogens is 1. The Bertz CT molecular complexity index is 1130. The van der Waals surface area contributed by atoms with Crippen LogP contribution in [-0.2, 0) is 16.1 Å². The van der Waals surface area contributed by atoms with E-state index >= 15 is 0 Å². The van der Waals surface area contributed by atoms with Crippen LogP contribution in [0.15, 0.2) is 70.8 Å². The lowest BCUT2D eigenvalue weighted by Gasteiger charge is -2.15. The van der Waals surface area contributed by atoms with Crippen molar-refractivity contribution in [1.29, 1.82) is 0 Å². The number of hydrogen-bond acceptors (Lipinski definition) is 7. The number of carbonyl (C=O) groups is 2. The second-order valence-corrected chi connectivity index (χ2v) is 8.95. The second-order valence-electron chi connectivity index (χ2n) is 7.09. The summed E-state index contributed by atoms with van der Waals surface area (Å²) in [6.07, 6.45) is 1.39. The van der Waals surface area contributed by atoms with Crippen molar-refractivity contribution in [3.8, 4) is 5.75 Å². The van der Waals surface area contributed by atoms with E-state index < -0.39 is 5.97 Å². The number of esters is 1. The first-order valence-corrected chi connectivity index (χ1v) is 12.3. The van der Waals surface area contributed by atoms with Crippen LogP contribution in [0, 0.1) is 0 Å². The van der Waals surface area contributed by atoms with Gasteiger partial charge in [-0.3, -0.25) is 9.36 Å². The summed E-state index contributed by atoms with van der Waals surface area (Å²) in [5.74, 6) is 0.887. The molecule has 178 valence electrons. The number of amides is 1. The molecule has 0 aliphatic heterocycles. The maximum absolute atomic E-state index is 12.5. The number of aromatic nitrogens is 3. The molecule has 8 nitrogen and oxygen atoms in total. The Labute approximate surface area is 210 Å². The lowest BCUT2D eigenvalue weighted by atomic mass is 10.2. The van der Waals surface area contributed by atoms with Gasteiger partial charge >= 0.3 is 5.97 Å². The smallest absolute Gasteiger partial charge is 0.338 e. The highest BCUT2D eigenvalue weighted by Crippen LogP contribution is 2.26. The maximum Gasteiger partial charge on any atom is 0.338 e. The van der Waals surface area contributed by atoms with E-state index in [0.29, 0.717) is 41.1 Å².